The van der Waals surface area contributed by atoms with E-state index in [9.17, 15) is 4.79 Å². The van der Waals surface area contributed by atoms with E-state index in [1.165, 1.54) is 19.3 Å². The summed E-state index contributed by atoms with van der Waals surface area (Å²) < 4.78 is 2.07. The van der Waals surface area contributed by atoms with Crippen molar-refractivity contribution in [3.8, 4) is 11.3 Å². The molecule has 3 aromatic rings. The van der Waals surface area contributed by atoms with Crippen LogP contribution in [0.4, 0.5) is 5.82 Å². The average molecular weight is 363 g/mol. The van der Waals surface area contributed by atoms with Gasteiger partial charge in [-0.1, -0.05) is 18.6 Å². The number of amides is 1. The molecule has 3 heterocycles. The van der Waals surface area contributed by atoms with Crippen LogP contribution in [0, 0.1) is 6.92 Å². The summed E-state index contributed by atoms with van der Waals surface area (Å²) in [7, 11) is 2.01. The molecule has 1 N–H and O–H groups in total. The predicted molar refractivity (Wildman–Crippen MR) is 108 cm³/mol. The lowest BCUT2D eigenvalue weighted by Crippen LogP contribution is -2.36. The van der Waals surface area contributed by atoms with Crippen molar-refractivity contribution in [1.29, 1.82) is 0 Å². The van der Waals surface area contributed by atoms with E-state index in [2.05, 4.69) is 43.0 Å². The fourth-order valence-electron chi connectivity index (χ4n) is 3.64. The first-order valence-corrected chi connectivity index (χ1v) is 9.51. The summed E-state index contributed by atoms with van der Waals surface area (Å²) in [5, 5.41) is 5.05. The molecule has 1 amide bonds. The van der Waals surface area contributed by atoms with Gasteiger partial charge in [0.2, 0.25) is 5.91 Å². The number of fused-ring (bicyclic) bond motifs is 1. The summed E-state index contributed by atoms with van der Waals surface area (Å²) in [5.74, 6) is 1.58. The quantitative estimate of drug-likeness (QED) is 0.772. The maximum atomic E-state index is 12.3. The highest BCUT2D eigenvalue weighted by Crippen LogP contribution is 2.25. The van der Waals surface area contributed by atoms with E-state index < -0.39 is 0 Å². The van der Waals surface area contributed by atoms with E-state index in [4.69, 9.17) is 0 Å². The van der Waals surface area contributed by atoms with Gasteiger partial charge < -0.3 is 9.88 Å². The Balaban J connectivity index is 1.53. The number of pyridine rings is 1. The molecule has 0 unspecified atom stereocenters. The molecule has 1 saturated heterocycles. The molecule has 0 spiro atoms. The number of carbonyl (C=O) groups is 1. The van der Waals surface area contributed by atoms with Gasteiger partial charge in [-0.25, -0.2) is 9.97 Å². The van der Waals surface area contributed by atoms with E-state index in [0.717, 1.165) is 40.9 Å². The summed E-state index contributed by atoms with van der Waals surface area (Å²) in [6, 6.07) is 8.19. The van der Waals surface area contributed by atoms with Crippen LogP contribution >= 0.6 is 0 Å². The van der Waals surface area contributed by atoms with E-state index in [0.29, 0.717) is 12.4 Å². The fraction of sp³-hybridized carbons (Fsp3) is 0.381. The molecule has 4 rings (SSSR count). The third-order valence-corrected chi connectivity index (χ3v) is 5.32. The smallest absolute Gasteiger partial charge is 0.239 e. The molecule has 1 aromatic carbocycles. The number of hydrogen-bond acceptors (Lipinski definition) is 4. The number of likely N-dealkylation sites (tertiary alicyclic amines) is 1. The average Bonchev–Trinajstić information content (AvgIpc) is 3.01. The molecule has 2 aromatic heterocycles. The maximum absolute atomic E-state index is 12.3. The van der Waals surface area contributed by atoms with Crippen LogP contribution in [-0.2, 0) is 11.8 Å². The number of hydrogen-bond donors (Lipinski definition) is 1. The lowest BCUT2D eigenvalue weighted by atomic mass is 10.1. The first-order chi connectivity index (χ1) is 13.1. The van der Waals surface area contributed by atoms with Crippen LogP contribution in [0.1, 0.15) is 25.1 Å². The standard InChI is InChI=1S/C21H25N5O/c1-15-22-13-19(25(15)2)16-6-7-17-12-23-20(11-18(17)10-16)24-21(27)14-26-8-4-3-5-9-26/h6-7,10-13H,3-5,8-9,14H2,1-2H3,(H,23,24,27). The van der Waals surface area contributed by atoms with E-state index in [-0.39, 0.29) is 5.91 Å². The van der Waals surface area contributed by atoms with Crippen LogP contribution < -0.4 is 5.32 Å². The van der Waals surface area contributed by atoms with Gasteiger partial charge in [-0.2, -0.15) is 0 Å². The number of nitrogens with one attached hydrogen (secondary N) is 1. The van der Waals surface area contributed by atoms with Crippen LogP contribution in [0.3, 0.4) is 0 Å². The van der Waals surface area contributed by atoms with Crippen molar-refractivity contribution >= 4 is 22.5 Å². The molecule has 1 aliphatic rings. The van der Waals surface area contributed by atoms with Gasteiger partial charge in [-0.05, 0) is 50.4 Å². The Kier molecular flexibility index (Phi) is 4.90. The Morgan fingerprint density at radius 2 is 1.89 bits per heavy atom. The Hall–Kier alpha value is -2.73. The second kappa shape index (κ2) is 7.48. The molecule has 1 aliphatic heterocycles. The predicted octanol–water partition coefficient (Wildman–Crippen LogP) is 3.37. The zero-order valence-corrected chi connectivity index (χ0v) is 15.9. The van der Waals surface area contributed by atoms with Crippen molar-refractivity contribution in [3.05, 3.63) is 42.5 Å². The molecule has 0 bridgehead atoms. The normalized spacial score (nSPS) is 15.2. The molecule has 0 radical (unpaired) electrons. The lowest BCUT2D eigenvalue weighted by Gasteiger charge is -2.25. The summed E-state index contributed by atoms with van der Waals surface area (Å²) in [6.07, 6.45) is 7.32. The number of imidazole rings is 1. The van der Waals surface area contributed by atoms with E-state index >= 15 is 0 Å². The van der Waals surface area contributed by atoms with Crippen molar-refractivity contribution in [2.75, 3.05) is 25.0 Å². The largest absolute Gasteiger partial charge is 0.331 e. The number of aryl methyl sites for hydroxylation is 1. The lowest BCUT2D eigenvalue weighted by molar-refractivity contribution is -0.117. The van der Waals surface area contributed by atoms with Crippen molar-refractivity contribution in [2.24, 2.45) is 7.05 Å². The van der Waals surface area contributed by atoms with Crippen LogP contribution in [0.5, 0.6) is 0 Å². The number of carbonyl (C=O) groups excluding carboxylic acids is 1. The molecule has 6 heteroatoms. The number of benzene rings is 1. The SMILES string of the molecule is Cc1ncc(-c2ccc3cnc(NC(=O)CN4CCCCC4)cc3c2)n1C. The minimum absolute atomic E-state index is 0.00200. The van der Waals surface area contributed by atoms with Gasteiger partial charge in [0.15, 0.2) is 0 Å². The van der Waals surface area contributed by atoms with Gasteiger partial charge in [0, 0.05) is 24.2 Å². The van der Waals surface area contributed by atoms with E-state index in [1.807, 2.05) is 32.4 Å². The summed E-state index contributed by atoms with van der Waals surface area (Å²) >= 11 is 0. The topological polar surface area (TPSA) is 63.1 Å². The third kappa shape index (κ3) is 3.85. The highest BCUT2D eigenvalue weighted by atomic mass is 16.2. The molecular weight excluding hydrogens is 338 g/mol. The minimum Gasteiger partial charge on any atom is -0.331 e. The van der Waals surface area contributed by atoms with Gasteiger partial charge in [-0.15, -0.1) is 0 Å². The van der Waals surface area contributed by atoms with Gasteiger partial charge in [0.1, 0.15) is 11.6 Å². The maximum Gasteiger partial charge on any atom is 0.239 e. The minimum atomic E-state index is 0.00200. The van der Waals surface area contributed by atoms with Crippen molar-refractivity contribution in [2.45, 2.75) is 26.2 Å². The molecule has 0 saturated carbocycles. The zero-order chi connectivity index (χ0) is 18.8. The number of piperidine rings is 1. The summed E-state index contributed by atoms with van der Waals surface area (Å²) in [6.45, 7) is 4.44. The van der Waals surface area contributed by atoms with Crippen molar-refractivity contribution in [1.82, 2.24) is 19.4 Å². The summed E-state index contributed by atoms with van der Waals surface area (Å²) in [4.78, 5) is 23.3. The van der Waals surface area contributed by atoms with E-state index in [1.54, 1.807) is 0 Å². The molecule has 0 atom stereocenters. The zero-order valence-electron chi connectivity index (χ0n) is 15.9. The highest BCUT2D eigenvalue weighted by molar-refractivity contribution is 5.94. The molecule has 140 valence electrons. The third-order valence-electron chi connectivity index (χ3n) is 5.32. The molecule has 0 aliphatic carbocycles. The van der Waals surface area contributed by atoms with Crippen LogP contribution in [0.25, 0.3) is 22.0 Å². The highest BCUT2D eigenvalue weighted by Gasteiger charge is 2.14. The second-order valence-corrected chi connectivity index (χ2v) is 7.27. The number of anilines is 1. The number of rotatable bonds is 4. The summed E-state index contributed by atoms with van der Waals surface area (Å²) in [5.41, 5.74) is 2.17. The monoisotopic (exact) mass is 363 g/mol. The van der Waals surface area contributed by atoms with Crippen LogP contribution in [-0.4, -0.2) is 45.0 Å². The molecule has 27 heavy (non-hydrogen) atoms. The molecule has 6 nitrogen and oxygen atoms in total. The van der Waals surface area contributed by atoms with Crippen molar-refractivity contribution in [3.63, 3.8) is 0 Å². The Morgan fingerprint density at radius 3 is 2.63 bits per heavy atom. The van der Waals surface area contributed by atoms with Gasteiger partial charge >= 0.3 is 0 Å². The first kappa shape index (κ1) is 17.7. The van der Waals surface area contributed by atoms with Gasteiger partial charge in [0.05, 0.1) is 18.4 Å². The number of nitrogens with zero attached hydrogens (tertiary/aromatic N) is 4. The fourth-order valence-corrected chi connectivity index (χ4v) is 3.64. The van der Waals surface area contributed by atoms with Gasteiger partial charge in [0.25, 0.3) is 0 Å². The Bertz CT molecular complexity index is 972. The molecule has 1 fully saturated rings. The number of aromatic nitrogens is 3. The van der Waals surface area contributed by atoms with Gasteiger partial charge in [-0.3, -0.25) is 9.69 Å². The molecular formula is C21H25N5O. The Labute approximate surface area is 159 Å². The van der Waals surface area contributed by atoms with Crippen LogP contribution in [0.2, 0.25) is 0 Å². The second-order valence-electron chi connectivity index (χ2n) is 7.27. The Morgan fingerprint density at radius 1 is 1.07 bits per heavy atom. The van der Waals surface area contributed by atoms with Crippen molar-refractivity contribution < 1.29 is 4.79 Å². The first-order valence-electron chi connectivity index (χ1n) is 9.51. The van der Waals surface area contributed by atoms with Crippen LogP contribution in [0.15, 0.2) is 36.7 Å².